The first-order chi connectivity index (χ1) is 8.06. The molecule has 17 heavy (non-hydrogen) atoms. The van der Waals surface area contributed by atoms with Gasteiger partial charge >= 0.3 is 0 Å². The van der Waals surface area contributed by atoms with Crippen LogP contribution < -0.4 is 0 Å². The van der Waals surface area contributed by atoms with Crippen LogP contribution in [-0.4, -0.2) is 9.97 Å². The number of rotatable bonds is 2. The Labute approximate surface area is 111 Å². The third-order valence-corrected chi connectivity index (χ3v) is 2.92. The van der Waals surface area contributed by atoms with Crippen LogP contribution in [0.2, 0.25) is 5.02 Å². The number of hydrogen-bond donors (Lipinski definition) is 1. The molecular weight excluding hydrogens is 252 g/mol. The van der Waals surface area contributed by atoms with E-state index in [0.717, 1.165) is 22.1 Å². The van der Waals surface area contributed by atoms with E-state index in [9.17, 15) is 0 Å². The molecule has 88 valence electrons. The molecule has 0 unspecified atom stereocenters. The number of H-pyrrole nitrogens is 1. The van der Waals surface area contributed by atoms with Gasteiger partial charge in [0, 0.05) is 16.6 Å². The maximum atomic E-state index is 5.87. The van der Waals surface area contributed by atoms with E-state index >= 15 is 0 Å². The van der Waals surface area contributed by atoms with Gasteiger partial charge in [-0.3, -0.25) is 0 Å². The molecule has 0 spiro atoms. The van der Waals surface area contributed by atoms with Crippen molar-refractivity contribution in [1.82, 2.24) is 9.97 Å². The van der Waals surface area contributed by atoms with Crippen molar-refractivity contribution >= 4 is 23.8 Å². The van der Waals surface area contributed by atoms with Gasteiger partial charge in [0.25, 0.3) is 0 Å². The first-order valence-corrected chi connectivity index (χ1v) is 6.22. The lowest BCUT2D eigenvalue weighted by Crippen LogP contribution is -1.99. The minimum atomic E-state index is 0.323. The summed E-state index contributed by atoms with van der Waals surface area (Å²) in [4.78, 5) is 7.61. The fraction of sp³-hybridized carbons (Fsp3) is 0.231. The Morgan fingerprint density at radius 1 is 1.24 bits per heavy atom. The van der Waals surface area contributed by atoms with Crippen LogP contribution in [0, 0.1) is 4.64 Å². The van der Waals surface area contributed by atoms with E-state index in [1.165, 1.54) is 0 Å². The first kappa shape index (κ1) is 12.3. The molecule has 0 radical (unpaired) electrons. The molecule has 0 bridgehead atoms. The quantitative estimate of drug-likeness (QED) is 0.804. The minimum Gasteiger partial charge on any atom is -0.343 e. The van der Waals surface area contributed by atoms with Crippen LogP contribution in [0.25, 0.3) is 11.3 Å². The van der Waals surface area contributed by atoms with E-state index < -0.39 is 0 Å². The van der Waals surface area contributed by atoms with Crippen molar-refractivity contribution in [3.8, 4) is 11.3 Å². The predicted octanol–water partition coefficient (Wildman–Crippen LogP) is 4.58. The van der Waals surface area contributed by atoms with Gasteiger partial charge in [-0.1, -0.05) is 49.8 Å². The lowest BCUT2D eigenvalue weighted by Gasteiger charge is -2.08. The molecule has 0 aliphatic rings. The fourth-order valence-corrected chi connectivity index (χ4v) is 1.88. The standard InChI is InChI=1S/C13H13ClN2S/c1-8(2)13-15-11(7-12(17)16-13)9-3-5-10(14)6-4-9/h3-8H,1-2H3,(H,15,16,17). The third-order valence-electron chi connectivity index (χ3n) is 2.46. The summed E-state index contributed by atoms with van der Waals surface area (Å²) in [5.41, 5.74) is 2.04. The van der Waals surface area contributed by atoms with Crippen molar-refractivity contribution in [3.05, 3.63) is 45.8 Å². The molecular formula is C13H13ClN2S. The zero-order valence-corrected chi connectivity index (χ0v) is 11.3. The Bertz CT molecular complexity index is 573. The highest BCUT2D eigenvalue weighted by Crippen LogP contribution is 2.21. The monoisotopic (exact) mass is 264 g/mol. The second-order valence-electron chi connectivity index (χ2n) is 4.18. The highest BCUT2D eigenvalue weighted by Gasteiger charge is 2.05. The molecule has 2 nitrogen and oxygen atoms in total. The summed E-state index contributed by atoms with van der Waals surface area (Å²) in [6.45, 7) is 4.17. The van der Waals surface area contributed by atoms with E-state index in [-0.39, 0.29) is 0 Å². The molecule has 0 aliphatic heterocycles. The molecule has 0 fully saturated rings. The van der Waals surface area contributed by atoms with Crippen LogP contribution in [0.15, 0.2) is 30.3 Å². The van der Waals surface area contributed by atoms with Crippen LogP contribution in [-0.2, 0) is 0 Å². The topological polar surface area (TPSA) is 28.7 Å². The molecule has 1 N–H and O–H groups in total. The maximum absolute atomic E-state index is 5.87. The maximum Gasteiger partial charge on any atom is 0.130 e. The van der Waals surface area contributed by atoms with Gasteiger partial charge in [-0.2, -0.15) is 0 Å². The zero-order valence-electron chi connectivity index (χ0n) is 9.70. The Balaban J connectivity index is 2.52. The second kappa shape index (κ2) is 4.98. The fourth-order valence-electron chi connectivity index (χ4n) is 1.53. The summed E-state index contributed by atoms with van der Waals surface area (Å²) >= 11 is 11.0. The Morgan fingerprint density at radius 2 is 1.88 bits per heavy atom. The number of halogens is 1. The zero-order chi connectivity index (χ0) is 12.4. The molecule has 0 atom stereocenters. The van der Waals surface area contributed by atoms with E-state index in [0.29, 0.717) is 10.6 Å². The second-order valence-corrected chi connectivity index (χ2v) is 5.03. The average molecular weight is 265 g/mol. The molecule has 2 rings (SSSR count). The van der Waals surface area contributed by atoms with Gasteiger partial charge in [0.05, 0.1) is 0 Å². The molecule has 1 aromatic heterocycles. The largest absolute Gasteiger partial charge is 0.343 e. The van der Waals surface area contributed by atoms with Crippen molar-refractivity contribution in [2.24, 2.45) is 0 Å². The molecule has 2 aromatic rings. The van der Waals surface area contributed by atoms with Gasteiger partial charge in [0.1, 0.15) is 10.5 Å². The van der Waals surface area contributed by atoms with E-state index in [4.69, 9.17) is 23.8 Å². The van der Waals surface area contributed by atoms with Gasteiger partial charge in [0.15, 0.2) is 0 Å². The Kier molecular flexibility index (Phi) is 3.60. The summed E-state index contributed by atoms with van der Waals surface area (Å²) in [7, 11) is 0. The van der Waals surface area contributed by atoms with Gasteiger partial charge in [-0.05, 0) is 23.8 Å². The highest BCUT2D eigenvalue weighted by molar-refractivity contribution is 7.71. The summed E-state index contributed by atoms with van der Waals surface area (Å²) in [5.74, 6) is 1.23. The van der Waals surface area contributed by atoms with E-state index in [2.05, 4.69) is 23.8 Å². The van der Waals surface area contributed by atoms with E-state index in [1.807, 2.05) is 30.3 Å². The highest BCUT2D eigenvalue weighted by atomic mass is 35.5. The van der Waals surface area contributed by atoms with Gasteiger partial charge < -0.3 is 4.98 Å². The van der Waals surface area contributed by atoms with Crippen molar-refractivity contribution < 1.29 is 0 Å². The number of nitrogens with zero attached hydrogens (tertiary/aromatic N) is 1. The SMILES string of the molecule is CC(C)c1nc(=S)cc(-c2ccc(Cl)cc2)[nH]1. The first-order valence-electron chi connectivity index (χ1n) is 5.43. The number of hydrogen-bond acceptors (Lipinski definition) is 2. The lowest BCUT2D eigenvalue weighted by atomic mass is 10.1. The van der Waals surface area contributed by atoms with Gasteiger partial charge in [-0.15, -0.1) is 0 Å². The van der Waals surface area contributed by atoms with Crippen LogP contribution in [0.3, 0.4) is 0 Å². The van der Waals surface area contributed by atoms with Crippen LogP contribution >= 0.6 is 23.8 Å². The minimum absolute atomic E-state index is 0.323. The molecule has 1 aromatic carbocycles. The molecule has 0 aliphatic carbocycles. The summed E-state index contributed by atoms with van der Waals surface area (Å²) in [5, 5.41) is 0.727. The molecule has 4 heteroatoms. The molecule has 0 saturated heterocycles. The summed E-state index contributed by atoms with van der Waals surface area (Å²) in [6, 6.07) is 9.52. The normalized spacial score (nSPS) is 10.8. The molecule has 0 saturated carbocycles. The summed E-state index contributed by atoms with van der Waals surface area (Å²) in [6.07, 6.45) is 0. The number of aromatic amines is 1. The van der Waals surface area contributed by atoms with Crippen molar-refractivity contribution in [1.29, 1.82) is 0 Å². The smallest absolute Gasteiger partial charge is 0.130 e. The predicted molar refractivity (Wildman–Crippen MR) is 74.0 cm³/mol. The van der Waals surface area contributed by atoms with Crippen molar-refractivity contribution in [2.75, 3.05) is 0 Å². The average Bonchev–Trinajstić information content (AvgIpc) is 2.29. The number of aromatic nitrogens is 2. The Hall–Kier alpha value is -1.19. The molecule has 1 heterocycles. The lowest BCUT2D eigenvalue weighted by molar-refractivity contribution is 0.773. The Morgan fingerprint density at radius 3 is 2.47 bits per heavy atom. The van der Waals surface area contributed by atoms with Gasteiger partial charge in [0.2, 0.25) is 0 Å². The van der Waals surface area contributed by atoms with Crippen molar-refractivity contribution in [3.63, 3.8) is 0 Å². The third kappa shape index (κ3) is 2.93. The van der Waals surface area contributed by atoms with E-state index in [1.54, 1.807) is 0 Å². The van der Waals surface area contributed by atoms with Crippen LogP contribution in [0.4, 0.5) is 0 Å². The van der Waals surface area contributed by atoms with Crippen LogP contribution in [0.5, 0.6) is 0 Å². The molecule has 0 amide bonds. The van der Waals surface area contributed by atoms with Crippen molar-refractivity contribution in [2.45, 2.75) is 19.8 Å². The number of nitrogens with one attached hydrogen (secondary N) is 1. The van der Waals surface area contributed by atoms with Gasteiger partial charge in [-0.25, -0.2) is 4.98 Å². The summed E-state index contributed by atoms with van der Waals surface area (Å²) < 4.78 is 0.609. The van der Waals surface area contributed by atoms with Crippen LogP contribution in [0.1, 0.15) is 25.6 Å². The number of benzene rings is 1.